The van der Waals surface area contributed by atoms with Crippen molar-refractivity contribution in [2.45, 2.75) is 27.2 Å². The quantitative estimate of drug-likeness (QED) is 0.752. The Hall–Kier alpha value is -0.820. The van der Waals surface area contributed by atoms with Crippen LogP contribution in [-0.4, -0.2) is 11.7 Å². The highest BCUT2D eigenvalue weighted by molar-refractivity contribution is 5.37. The van der Waals surface area contributed by atoms with Gasteiger partial charge < -0.3 is 5.11 Å². The maximum absolute atomic E-state index is 9.01. The van der Waals surface area contributed by atoms with Crippen LogP contribution in [-0.2, 0) is 6.42 Å². The third-order valence-corrected chi connectivity index (χ3v) is 2.28. The summed E-state index contributed by atoms with van der Waals surface area (Å²) >= 11 is 0. The van der Waals surface area contributed by atoms with E-state index in [0.717, 1.165) is 12.3 Å². The number of hydrogen-bond acceptors (Lipinski definition) is 1. The van der Waals surface area contributed by atoms with Crippen LogP contribution in [0.2, 0.25) is 0 Å². The first kappa shape index (κ1) is 10.3. The van der Waals surface area contributed by atoms with E-state index in [0.29, 0.717) is 0 Å². The van der Waals surface area contributed by atoms with Crippen molar-refractivity contribution in [2.24, 2.45) is 0 Å². The van der Waals surface area contributed by atoms with Gasteiger partial charge in [-0.1, -0.05) is 37.6 Å². The van der Waals surface area contributed by atoms with Gasteiger partial charge in [0.05, 0.1) is 6.61 Å². The average molecular weight is 177 g/mol. The molecule has 1 N–H and O–H groups in total. The molecule has 0 aromatic heterocycles. The van der Waals surface area contributed by atoms with E-state index in [1.807, 2.05) is 6.92 Å². The van der Waals surface area contributed by atoms with Gasteiger partial charge in [-0.2, -0.15) is 0 Å². The first-order valence-electron chi connectivity index (χ1n) is 4.71. The van der Waals surface area contributed by atoms with E-state index in [9.17, 15) is 0 Å². The number of benzene rings is 1. The highest BCUT2D eigenvalue weighted by atomic mass is 16.3. The smallest absolute Gasteiger partial charge is 0.0534 e. The average Bonchev–Trinajstić information content (AvgIpc) is 2.15. The normalized spacial score (nSPS) is 10.8. The lowest BCUT2D eigenvalue weighted by Gasteiger charge is -2.10. The van der Waals surface area contributed by atoms with Crippen LogP contribution < -0.4 is 0 Å². The van der Waals surface area contributed by atoms with Gasteiger partial charge in [0.15, 0.2) is 0 Å². The highest BCUT2D eigenvalue weighted by Gasteiger charge is 2.05. The number of aliphatic hydroxyl groups is 1. The molecule has 1 heteroatoms. The molecule has 1 radical (unpaired) electrons. The van der Waals surface area contributed by atoms with E-state index in [1.165, 1.54) is 16.7 Å². The molecule has 13 heavy (non-hydrogen) atoms. The summed E-state index contributed by atoms with van der Waals surface area (Å²) in [6.45, 7) is 6.35. The Bertz CT molecular complexity index is 278. The molecule has 1 rings (SSSR count). The van der Waals surface area contributed by atoms with Gasteiger partial charge in [0.1, 0.15) is 0 Å². The molecule has 0 unspecified atom stereocenters. The van der Waals surface area contributed by atoms with Crippen LogP contribution in [0.15, 0.2) is 18.2 Å². The third-order valence-electron chi connectivity index (χ3n) is 2.28. The second-order valence-electron chi connectivity index (χ2n) is 3.50. The molecule has 0 amide bonds. The predicted octanol–water partition coefficient (Wildman–Crippen LogP) is 2.49. The van der Waals surface area contributed by atoms with E-state index in [2.05, 4.69) is 32.0 Å². The van der Waals surface area contributed by atoms with Gasteiger partial charge in [-0.3, -0.25) is 0 Å². The standard InChI is InChI=1S/C12H17O/c1-4-11-5-9(2)6-12(7-11)10(3)8-13/h5-7,13H,4,8H2,1-3H3. The molecule has 0 saturated carbocycles. The molecule has 0 aliphatic heterocycles. The summed E-state index contributed by atoms with van der Waals surface area (Å²) in [5.41, 5.74) is 3.77. The molecule has 1 aromatic rings. The highest BCUT2D eigenvalue weighted by Crippen LogP contribution is 2.17. The molecular weight excluding hydrogens is 160 g/mol. The van der Waals surface area contributed by atoms with Crippen LogP contribution in [0.5, 0.6) is 0 Å². The Morgan fingerprint density at radius 2 is 2.00 bits per heavy atom. The minimum Gasteiger partial charge on any atom is -0.395 e. The van der Waals surface area contributed by atoms with Crippen molar-refractivity contribution in [1.29, 1.82) is 0 Å². The monoisotopic (exact) mass is 177 g/mol. The van der Waals surface area contributed by atoms with Crippen molar-refractivity contribution in [3.8, 4) is 0 Å². The van der Waals surface area contributed by atoms with Crippen molar-refractivity contribution < 1.29 is 5.11 Å². The summed E-state index contributed by atoms with van der Waals surface area (Å²) in [6.07, 6.45) is 1.05. The Balaban J connectivity index is 3.01. The molecule has 0 aliphatic carbocycles. The lowest BCUT2D eigenvalue weighted by Crippen LogP contribution is -2.01. The van der Waals surface area contributed by atoms with E-state index in [-0.39, 0.29) is 6.61 Å². The van der Waals surface area contributed by atoms with Gasteiger partial charge in [0.25, 0.3) is 0 Å². The lowest BCUT2D eigenvalue weighted by molar-refractivity contribution is 0.315. The minimum atomic E-state index is 0.145. The molecular formula is C12H17O. The van der Waals surface area contributed by atoms with E-state index < -0.39 is 0 Å². The lowest BCUT2D eigenvalue weighted by atomic mass is 9.96. The maximum Gasteiger partial charge on any atom is 0.0534 e. The van der Waals surface area contributed by atoms with Crippen LogP contribution in [0.3, 0.4) is 0 Å². The summed E-state index contributed by atoms with van der Waals surface area (Å²) in [4.78, 5) is 0. The van der Waals surface area contributed by atoms with Gasteiger partial charge in [-0.05, 0) is 24.5 Å². The first-order chi connectivity index (χ1) is 6.17. The summed E-state index contributed by atoms with van der Waals surface area (Å²) in [7, 11) is 0. The fourth-order valence-corrected chi connectivity index (χ4v) is 1.40. The summed E-state index contributed by atoms with van der Waals surface area (Å²) < 4.78 is 0. The summed E-state index contributed by atoms with van der Waals surface area (Å²) in [6, 6.07) is 6.46. The number of rotatable bonds is 3. The largest absolute Gasteiger partial charge is 0.395 e. The van der Waals surface area contributed by atoms with Crippen molar-refractivity contribution in [2.75, 3.05) is 6.61 Å². The molecule has 0 fully saturated rings. The second-order valence-corrected chi connectivity index (χ2v) is 3.50. The van der Waals surface area contributed by atoms with E-state index in [4.69, 9.17) is 5.11 Å². The molecule has 1 nitrogen and oxygen atoms in total. The first-order valence-corrected chi connectivity index (χ1v) is 4.71. The fourth-order valence-electron chi connectivity index (χ4n) is 1.40. The predicted molar refractivity (Wildman–Crippen MR) is 55.7 cm³/mol. The molecule has 0 spiro atoms. The molecule has 0 atom stereocenters. The van der Waals surface area contributed by atoms with Gasteiger partial charge in [0.2, 0.25) is 0 Å². The van der Waals surface area contributed by atoms with Crippen LogP contribution in [0, 0.1) is 12.8 Å². The SMILES string of the molecule is CCc1cc(C)cc([C](C)CO)c1. The number of hydrogen-bond donors (Lipinski definition) is 1. The minimum absolute atomic E-state index is 0.145. The second kappa shape index (κ2) is 4.43. The Morgan fingerprint density at radius 1 is 1.31 bits per heavy atom. The molecule has 71 valence electrons. The van der Waals surface area contributed by atoms with Gasteiger partial charge >= 0.3 is 0 Å². The Morgan fingerprint density at radius 3 is 2.54 bits per heavy atom. The van der Waals surface area contributed by atoms with Crippen molar-refractivity contribution in [3.63, 3.8) is 0 Å². The fraction of sp³-hybridized carbons (Fsp3) is 0.417. The maximum atomic E-state index is 9.01. The Labute approximate surface area is 80.4 Å². The molecule has 0 heterocycles. The van der Waals surface area contributed by atoms with Crippen LogP contribution in [0.1, 0.15) is 30.5 Å². The number of aliphatic hydroxyl groups excluding tert-OH is 1. The Kier molecular flexibility index (Phi) is 3.49. The molecule has 0 aliphatic rings. The molecule has 1 aromatic carbocycles. The number of aryl methyl sites for hydroxylation is 2. The van der Waals surface area contributed by atoms with Crippen LogP contribution in [0.4, 0.5) is 0 Å². The zero-order valence-electron chi connectivity index (χ0n) is 8.59. The van der Waals surface area contributed by atoms with Crippen LogP contribution >= 0.6 is 0 Å². The zero-order chi connectivity index (χ0) is 9.84. The van der Waals surface area contributed by atoms with Crippen molar-refractivity contribution in [1.82, 2.24) is 0 Å². The summed E-state index contributed by atoms with van der Waals surface area (Å²) in [5, 5.41) is 9.01. The van der Waals surface area contributed by atoms with Crippen molar-refractivity contribution in [3.05, 3.63) is 40.8 Å². The topological polar surface area (TPSA) is 20.2 Å². The van der Waals surface area contributed by atoms with Gasteiger partial charge in [-0.25, -0.2) is 0 Å². The molecule has 0 saturated heterocycles. The van der Waals surface area contributed by atoms with Gasteiger partial charge in [-0.15, -0.1) is 0 Å². The van der Waals surface area contributed by atoms with E-state index in [1.54, 1.807) is 0 Å². The van der Waals surface area contributed by atoms with Crippen LogP contribution in [0.25, 0.3) is 0 Å². The van der Waals surface area contributed by atoms with Gasteiger partial charge in [0, 0.05) is 5.92 Å². The molecule has 0 bridgehead atoms. The zero-order valence-corrected chi connectivity index (χ0v) is 8.59. The van der Waals surface area contributed by atoms with Crippen molar-refractivity contribution >= 4 is 0 Å². The third kappa shape index (κ3) is 2.56. The summed E-state index contributed by atoms with van der Waals surface area (Å²) in [5.74, 6) is 1.04. The van der Waals surface area contributed by atoms with E-state index >= 15 is 0 Å².